The van der Waals surface area contributed by atoms with Crippen molar-refractivity contribution in [3.05, 3.63) is 29.8 Å². The number of hydrogen-bond donors (Lipinski definition) is 0. The molecular formula is C17H20O4. The fraction of sp³-hybridized carbons (Fsp3) is 0.471. The van der Waals surface area contributed by atoms with Gasteiger partial charge < -0.3 is 4.74 Å². The number of ketones is 3. The maximum atomic E-state index is 12.5. The summed E-state index contributed by atoms with van der Waals surface area (Å²) < 4.78 is 5.10. The summed E-state index contributed by atoms with van der Waals surface area (Å²) in [4.78, 5) is 36.5. The Kier molecular flexibility index (Phi) is 4.89. The minimum absolute atomic E-state index is 0.219. The van der Waals surface area contributed by atoms with Gasteiger partial charge in [0.05, 0.1) is 7.11 Å². The molecule has 0 saturated heterocycles. The SMILES string of the molecule is CCCC(=O)C1C(=O)CCC(c2ccc(OC)cc2)C1=O. The lowest BCUT2D eigenvalue weighted by atomic mass is 9.74. The molecule has 4 nitrogen and oxygen atoms in total. The largest absolute Gasteiger partial charge is 0.497 e. The van der Waals surface area contributed by atoms with Crippen molar-refractivity contribution >= 4 is 17.3 Å². The van der Waals surface area contributed by atoms with Gasteiger partial charge in [0.2, 0.25) is 0 Å². The fourth-order valence-electron chi connectivity index (χ4n) is 2.83. The molecule has 2 rings (SSSR count). The Morgan fingerprint density at radius 2 is 1.90 bits per heavy atom. The van der Waals surface area contributed by atoms with E-state index in [-0.39, 0.29) is 29.7 Å². The number of ether oxygens (including phenoxy) is 1. The summed E-state index contributed by atoms with van der Waals surface area (Å²) in [5, 5.41) is 0. The Balaban J connectivity index is 2.22. The Morgan fingerprint density at radius 1 is 1.24 bits per heavy atom. The van der Waals surface area contributed by atoms with E-state index in [0.29, 0.717) is 19.3 Å². The van der Waals surface area contributed by atoms with E-state index in [0.717, 1.165) is 11.3 Å². The summed E-state index contributed by atoms with van der Waals surface area (Å²) in [6.07, 6.45) is 1.73. The van der Waals surface area contributed by atoms with Crippen molar-refractivity contribution in [2.75, 3.05) is 7.11 Å². The number of Topliss-reactive ketones (excluding diaryl/α,β-unsaturated/α-hetero) is 3. The second-order valence-electron chi connectivity index (χ2n) is 5.38. The first-order chi connectivity index (χ1) is 10.1. The molecule has 2 unspecified atom stereocenters. The number of carbonyl (C=O) groups is 3. The lowest BCUT2D eigenvalue weighted by molar-refractivity contribution is -0.143. The Hall–Kier alpha value is -1.97. The lowest BCUT2D eigenvalue weighted by Crippen LogP contribution is -2.39. The molecule has 1 fully saturated rings. The minimum Gasteiger partial charge on any atom is -0.497 e. The lowest BCUT2D eigenvalue weighted by Gasteiger charge is -2.26. The van der Waals surface area contributed by atoms with E-state index in [1.165, 1.54) is 0 Å². The van der Waals surface area contributed by atoms with Crippen LogP contribution in [0.25, 0.3) is 0 Å². The van der Waals surface area contributed by atoms with Crippen LogP contribution in [0, 0.1) is 5.92 Å². The maximum Gasteiger partial charge on any atom is 0.158 e. The fourth-order valence-corrected chi connectivity index (χ4v) is 2.83. The third-order valence-electron chi connectivity index (χ3n) is 3.97. The number of benzene rings is 1. The van der Waals surface area contributed by atoms with Crippen LogP contribution in [0.15, 0.2) is 24.3 Å². The van der Waals surface area contributed by atoms with Crippen LogP contribution < -0.4 is 4.74 Å². The summed E-state index contributed by atoms with van der Waals surface area (Å²) in [6, 6.07) is 7.25. The average Bonchev–Trinajstić information content (AvgIpc) is 2.48. The number of methoxy groups -OCH3 is 1. The summed E-state index contributed by atoms with van der Waals surface area (Å²) in [7, 11) is 1.58. The van der Waals surface area contributed by atoms with Crippen molar-refractivity contribution in [1.82, 2.24) is 0 Å². The van der Waals surface area contributed by atoms with Gasteiger partial charge in [0.15, 0.2) is 17.3 Å². The molecular weight excluding hydrogens is 268 g/mol. The third-order valence-corrected chi connectivity index (χ3v) is 3.97. The Morgan fingerprint density at radius 3 is 2.48 bits per heavy atom. The van der Waals surface area contributed by atoms with Gasteiger partial charge in [0, 0.05) is 18.8 Å². The second-order valence-corrected chi connectivity index (χ2v) is 5.38. The molecule has 0 spiro atoms. The van der Waals surface area contributed by atoms with Crippen LogP contribution in [0.3, 0.4) is 0 Å². The van der Waals surface area contributed by atoms with Crippen molar-refractivity contribution < 1.29 is 19.1 Å². The van der Waals surface area contributed by atoms with Gasteiger partial charge in [-0.3, -0.25) is 14.4 Å². The molecule has 1 aliphatic carbocycles. The van der Waals surface area contributed by atoms with Gasteiger partial charge in [-0.25, -0.2) is 0 Å². The molecule has 0 aromatic heterocycles. The van der Waals surface area contributed by atoms with Crippen LogP contribution in [0.1, 0.15) is 44.1 Å². The van der Waals surface area contributed by atoms with Crippen LogP contribution in [-0.4, -0.2) is 24.5 Å². The van der Waals surface area contributed by atoms with E-state index in [1.807, 2.05) is 19.1 Å². The van der Waals surface area contributed by atoms with Gasteiger partial charge in [0.25, 0.3) is 0 Å². The molecule has 1 saturated carbocycles. The molecule has 2 atom stereocenters. The van der Waals surface area contributed by atoms with Crippen LogP contribution >= 0.6 is 0 Å². The van der Waals surface area contributed by atoms with Gasteiger partial charge in [0.1, 0.15) is 11.7 Å². The van der Waals surface area contributed by atoms with Crippen LogP contribution in [-0.2, 0) is 14.4 Å². The molecule has 112 valence electrons. The van der Waals surface area contributed by atoms with Crippen molar-refractivity contribution in [2.24, 2.45) is 5.92 Å². The third kappa shape index (κ3) is 3.20. The zero-order chi connectivity index (χ0) is 15.4. The number of hydrogen-bond acceptors (Lipinski definition) is 4. The van der Waals surface area contributed by atoms with Crippen molar-refractivity contribution in [3.8, 4) is 5.75 Å². The molecule has 0 heterocycles. The van der Waals surface area contributed by atoms with Crippen LogP contribution in [0.5, 0.6) is 5.75 Å². The van der Waals surface area contributed by atoms with Gasteiger partial charge >= 0.3 is 0 Å². The topological polar surface area (TPSA) is 60.4 Å². The van der Waals surface area contributed by atoms with E-state index in [9.17, 15) is 14.4 Å². The summed E-state index contributed by atoms with van der Waals surface area (Å²) in [5.41, 5.74) is 0.850. The number of carbonyl (C=O) groups excluding carboxylic acids is 3. The average molecular weight is 288 g/mol. The molecule has 0 N–H and O–H groups in total. The van der Waals surface area contributed by atoms with E-state index in [4.69, 9.17) is 4.74 Å². The van der Waals surface area contributed by atoms with Gasteiger partial charge in [-0.1, -0.05) is 19.1 Å². The zero-order valence-corrected chi connectivity index (χ0v) is 12.4. The van der Waals surface area contributed by atoms with Gasteiger partial charge in [-0.2, -0.15) is 0 Å². The maximum absolute atomic E-state index is 12.5. The summed E-state index contributed by atoms with van der Waals surface area (Å²) >= 11 is 0. The first-order valence-electron chi connectivity index (χ1n) is 7.31. The van der Waals surface area contributed by atoms with Crippen molar-refractivity contribution in [1.29, 1.82) is 0 Å². The normalized spacial score (nSPS) is 22.2. The van der Waals surface area contributed by atoms with E-state index in [2.05, 4.69) is 0 Å². The molecule has 21 heavy (non-hydrogen) atoms. The van der Waals surface area contributed by atoms with E-state index < -0.39 is 5.92 Å². The Bertz CT molecular complexity index is 544. The van der Waals surface area contributed by atoms with Crippen molar-refractivity contribution in [3.63, 3.8) is 0 Å². The van der Waals surface area contributed by atoms with Crippen LogP contribution in [0.2, 0.25) is 0 Å². The molecule has 0 amide bonds. The molecule has 0 aliphatic heterocycles. The van der Waals surface area contributed by atoms with E-state index >= 15 is 0 Å². The molecule has 0 bridgehead atoms. The highest BCUT2D eigenvalue weighted by Gasteiger charge is 2.41. The standard InChI is InChI=1S/C17H20O4/c1-3-4-14(18)16-15(19)10-9-13(17(16)20)11-5-7-12(21-2)8-6-11/h5-8,13,16H,3-4,9-10H2,1-2H3. The van der Waals surface area contributed by atoms with Gasteiger partial charge in [-0.05, 0) is 30.5 Å². The zero-order valence-electron chi connectivity index (χ0n) is 12.4. The Labute approximate surface area is 124 Å². The monoisotopic (exact) mass is 288 g/mol. The van der Waals surface area contributed by atoms with E-state index in [1.54, 1.807) is 19.2 Å². The molecule has 4 heteroatoms. The molecule has 1 aliphatic rings. The minimum atomic E-state index is -1.05. The van der Waals surface area contributed by atoms with Gasteiger partial charge in [-0.15, -0.1) is 0 Å². The van der Waals surface area contributed by atoms with Crippen molar-refractivity contribution in [2.45, 2.75) is 38.5 Å². The quantitative estimate of drug-likeness (QED) is 0.782. The smallest absolute Gasteiger partial charge is 0.158 e. The van der Waals surface area contributed by atoms with Crippen LogP contribution in [0.4, 0.5) is 0 Å². The second kappa shape index (κ2) is 6.66. The predicted molar refractivity (Wildman–Crippen MR) is 78.4 cm³/mol. The highest BCUT2D eigenvalue weighted by Crippen LogP contribution is 2.33. The highest BCUT2D eigenvalue weighted by atomic mass is 16.5. The first kappa shape index (κ1) is 15.4. The molecule has 1 aromatic carbocycles. The first-order valence-corrected chi connectivity index (χ1v) is 7.31. The predicted octanol–water partition coefficient (Wildman–Crippen LogP) is 2.70. The highest BCUT2D eigenvalue weighted by molar-refractivity contribution is 6.22. The summed E-state index contributed by atoms with van der Waals surface area (Å²) in [6.45, 7) is 1.87. The molecule has 0 radical (unpaired) electrons. The molecule has 1 aromatic rings. The number of rotatable bonds is 5. The summed E-state index contributed by atoms with van der Waals surface area (Å²) in [5.74, 6) is -1.38.